The molecule has 0 radical (unpaired) electrons. The van der Waals surface area contributed by atoms with Gasteiger partial charge in [-0.15, -0.1) is 10.2 Å². The smallest absolute Gasteiger partial charge is 0.196 e. The van der Waals surface area contributed by atoms with Crippen molar-refractivity contribution >= 4 is 34.6 Å². The van der Waals surface area contributed by atoms with Gasteiger partial charge in [-0.2, -0.15) is 0 Å². The summed E-state index contributed by atoms with van der Waals surface area (Å²) in [5, 5.41) is 8.27. The third-order valence-electron chi connectivity index (χ3n) is 5.02. The lowest BCUT2D eigenvalue weighted by Gasteiger charge is -2.18. The van der Waals surface area contributed by atoms with E-state index in [1.54, 1.807) is 66.9 Å². The summed E-state index contributed by atoms with van der Waals surface area (Å²) in [7, 11) is 0. The summed E-state index contributed by atoms with van der Waals surface area (Å²) >= 11 is 0. The Balaban J connectivity index is 1.56. The number of fused-ring (bicyclic) bond motifs is 2. The maximum atomic E-state index is 13.1. The van der Waals surface area contributed by atoms with Crippen molar-refractivity contribution in [1.29, 1.82) is 0 Å². The van der Waals surface area contributed by atoms with Crippen LogP contribution in [0.3, 0.4) is 0 Å². The van der Waals surface area contributed by atoms with Gasteiger partial charge in [-0.05, 0) is 18.2 Å². The van der Waals surface area contributed by atoms with Gasteiger partial charge in [-0.25, -0.2) is 9.97 Å². The minimum atomic E-state index is -0.299. The van der Waals surface area contributed by atoms with Crippen LogP contribution in [0.15, 0.2) is 77.1 Å². The number of pyridine rings is 1. The van der Waals surface area contributed by atoms with E-state index in [1.165, 1.54) is 0 Å². The highest BCUT2D eigenvalue weighted by Crippen LogP contribution is 2.35. The van der Waals surface area contributed by atoms with Crippen LogP contribution in [-0.2, 0) is 0 Å². The van der Waals surface area contributed by atoms with E-state index >= 15 is 0 Å². The Kier molecular flexibility index (Phi) is 4.48. The normalized spacial score (nSPS) is 12.6. The van der Waals surface area contributed by atoms with Gasteiger partial charge in [0.25, 0.3) is 0 Å². The first-order chi connectivity index (χ1) is 15.5. The summed E-state index contributed by atoms with van der Waals surface area (Å²) in [6, 6.07) is 16.8. The second-order valence-corrected chi connectivity index (χ2v) is 6.98. The number of nitrogen functional groups attached to an aromatic ring is 2. The van der Waals surface area contributed by atoms with Gasteiger partial charge >= 0.3 is 0 Å². The molecule has 0 amide bonds. The number of nitrogens with zero attached hydrogens (tertiary/aromatic N) is 5. The molecule has 4 N–H and O–H groups in total. The highest BCUT2D eigenvalue weighted by atomic mass is 16.1. The van der Waals surface area contributed by atoms with Crippen LogP contribution in [0.4, 0.5) is 23.0 Å². The van der Waals surface area contributed by atoms with Gasteiger partial charge in [0.05, 0.1) is 11.3 Å². The second kappa shape index (κ2) is 7.47. The van der Waals surface area contributed by atoms with E-state index < -0.39 is 0 Å². The zero-order valence-electron chi connectivity index (χ0n) is 16.6. The lowest BCUT2D eigenvalue weighted by atomic mass is 9.83. The van der Waals surface area contributed by atoms with Crippen molar-refractivity contribution in [1.82, 2.24) is 15.0 Å². The summed E-state index contributed by atoms with van der Waals surface area (Å²) in [6.45, 7) is 0. The van der Waals surface area contributed by atoms with Crippen molar-refractivity contribution in [2.75, 3.05) is 11.5 Å². The number of carbonyl (C=O) groups is 2. The standard InChI is InChI=1S/C23H15N7O2/c24-21-18(22(25)28-23(27-21)16-9-3-4-11-26-16)30-29-15-10-5-8-14-17(15)20(32)13-7-2-1-6-12(13)19(14)31/h1-11H,(H4,24,25,27,28)/b30-29+. The second-order valence-electron chi connectivity index (χ2n) is 6.98. The van der Waals surface area contributed by atoms with Crippen molar-refractivity contribution < 1.29 is 9.59 Å². The number of nitrogens with two attached hydrogens (primary N) is 2. The zero-order chi connectivity index (χ0) is 22.2. The van der Waals surface area contributed by atoms with Crippen LogP contribution in [0.25, 0.3) is 11.5 Å². The number of aromatic nitrogens is 3. The van der Waals surface area contributed by atoms with Gasteiger partial charge in [-0.3, -0.25) is 14.6 Å². The van der Waals surface area contributed by atoms with Crippen molar-refractivity contribution in [3.63, 3.8) is 0 Å². The molecular formula is C23H15N7O2. The number of hydrogen-bond acceptors (Lipinski definition) is 9. The predicted molar refractivity (Wildman–Crippen MR) is 118 cm³/mol. The molecule has 9 nitrogen and oxygen atoms in total. The highest BCUT2D eigenvalue weighted by Gasteiger charge is 2.31. The molecule has 0 atom stereocenters. The third kappa shape index (κ3) is 3.08. The van der Waals surface area contributed by atoms with Gasteiger partial charge in [0.15, 0.2) is 34.7 Å². The van der Waals surface area contributed by atoms with E-state index in [0.717, 1.165) is 0 Å². The summed E-state index contributed by atoms with van der Waals surface area (Å²) in [5.41, 5.74) is 14.0. The predicted octanol–water partition coefficient (Wildman–Crippen LogP) is 3.89. The number of ketones is 2. The fourth-order valence-corrected chi connectivity index (χ4v) is 3.52. The number of benzene rings is 2. The van der Waals surface area contributed by atoms with E-state index in [1.807, 2.05) is 0 Å². The molecular weight excluding hydrogens is 406 g/mol. The van der Waals surface area contributed by atoms with Crippen LogP contribution in [0.1, 0.15) is 31.8 Å². The van der Waals surface area contributed by atoms with Crippen molar-refractivity contribution in [2.24, 2.45) is 10.2 Å². The highest BCUT2D eigenvalue weighted by molar-refractivity contribution is 6.29. The summed E-state index contributed by atoms with van der Waals surface area (Å²) in [5.74, 6) is -0.255. The molecule has 0 fully saturated rings. The lowest BCUT2D eigenvalue weighted by Crippen LogP contribution is -2.20. The maximum absolute atomic E-state index is 13.1. The summed E-state index contributed by atoms with van der Waals surface area (Å²) in [4.78, 5) is 38.6. The van der Waals surface area contributed by atoms with Crippen LogP contribution in [0, 0.1) is 0 Å². The van der Waals surface area contributed by atoms with Crippen molar-refractivity contribution in [3.05, 3.63) is 89.1 Å². The molecule has 0 saturated carbocycles. The van der Waals surface area contributed by atoms with Gasteiger partial charge in [0, 0.05) is 22.9 Å². The molecule has 5 rings (SSSR count). The summed E-state index contributed by atoms with van der Waals surface area (Å²) in [6.07, 6.45) is 1.60. The topological polar surface area (TPSA) is 150 Å². The fraction of sp³-hybridized carbons (Fsp3) is 0. The average Bonchev–Trinajstić information content (AvgIpc) is 2.82. The monoisotopic (exact) mass is 421 g/mol. The Morgan fingerprint density at radius 2 is 1.34 bits per heavy atom. The summed E-state index contributed by atoms with van der Waals surface area (Å²) < 4.78 is 0. The van der Waals surface area contributed by atoms with E-state index in [2.05, 4.69) is 25.2 Å². The molecule has 32 heavy (non-hydrogen) atoms. The molecule has 154 valence electrons. The number of carbonyl (C=O) groups excluding carboxylic acids is 2. The molecule has 9 heteroatoms. The van der Waals surface area contributed by atoms with Gasteiger partial charge in [-0.1, -0.05) is 42.5 Å². The molecule has 1 aliphatic carbocycles. The van der Waals surface area contributed by atoms with Crippen LogP contribution in [0.2, 0.25) is 0 Å². The van der Waals surface area contributed by atoms with Gasteiger partial charge < -0.3 is 11.5 Å². The first-order valence-electron chi connectivity index (χ1n) is 9.62. The lowest BCUT2D eigenvalue weighted by molar-refractivity contribution is 0.0979. The first kappa shape index (κ1) is 19.2. The van der Waals surface area contributed by atoms with E-state index in [9.17, 15) is 9.59 Å². The molecule has 0 bridgehead atoms. The Morgan fingerprint density at radius 1 is 0.688 bits per heavy atom. The van der Waals surface area contributed by atoms with E-state index in [-0.39, 0.29) is 51.5 Å². The quantitative estimate of drug-likeness (QED) is 0.419. The molecule has 1 aliphatic rings. The zero-order valence-corrected chi connectivity index (χ0v) is 16.6. The van der Waals surface area contributed by atoms with Crippen LogP contribution < -0.4 is 11.5 Å². The Bertz CT molecular complexity index is 1410. The number of rotatable bonds is 3. The van der Waals surface area contributed by atoms with Crippen molar-refractivity contribution in [2.45, 2.75) is 0 Å². The average molecular weight is 421 g/mol. The minimum Gasteiger partial charge on any atom is -0.382 e. The van der Waals surface area contributed by atoms with Crippen LogP contribution in [0.5, 0.6) is 0 Å². The molecule has 2 heterocycles. The van der Waals surface area contributed by atoms with E-state index in [4.69, 9.17) is 11.5 Å². The molecule has 0 spiro atoms. The van der Waals surface area contributed by atoms with Gasteiger partial charge in [0.1, 0.15) is 5.69 Å². The van der Waals surface area contributed by atoms with Crippen molar-refractivity contribution in [3.8, 4) is 11.5 Å². The SMILES string of the molecule is Nc1nc(-c2ccccn2)nc(N)c1/N=N/c1cccc2c1C(=O)c1ccccc1C2=O. The number of azo groups is 1. The minimum absolute atomic E-state index is 0.0134. The van der Waals surface area contributed by atoms with Crippen LogP contribution in [-0.4, -0.2) is 26.5 Å². The maximum Gasteiger partial charge on any atom is 0.196 e. The third-order valence-corrected chi connectivity index (χ3v) is 5.02. The molecule has 0 saturated heterocycles. The Hall–Kier alpha value is -4.79. The first-order valence-corrected chi connectivity index (χ1v) is 9.62. The number of anilines is 2. The largest absolute Gasteiger partial charge is 0.382 e. The van der Waals surface area contributed by atoms with Gasteiger partial charge in [0.2, 0.25) is 0 Å². The molecule has 4 aromatic rings. The molecule has 2 aromatic heterocycles. The molecule has 2 aromatic carbocycles. The Morgan fingerprint density at radius 3 is 2.03 bits per heavy atom. The number of hydrogen-bond donors (Lipinski definition) is 2. The Labute approximate surface area is 181 Å². The van der Waals surface area contributed by atoms with Crippen LogP contribution >= 0.6 is 0 Å². The fourth-order valence-electron chi connectivity index (χ4n) is 3.52. The molecule has 0 unspecified atom stereocenters. The molecule has 0 aliphatic heterocycles. The van der Waals surface area contributed by atoms with E-state index in [0.29, 0.717) is 16.8 Å².